The van der Waals surface area contributed by atoms with Gasteiger partial charge in [0.2, 0.25) is 0 Å². The standard InChI is InChI=1S/C19H28ClN3O2/c1-2-14-12-15(20)5-6-18(14)21-19(25)22-10-7-16(8-11-22)23-9-3-4-17(24)13-23/h5-6,12,16-17,24H,2-4,7-11,13H2,1H3,(H,21,25). The number of urea groups is 1. The van der Waals surface area contributed by atoms with Crippen molar-refractivity contribution in [3.8, 4) is 0 Å². The number of amides is 2. The lowest BCUT2D eigenvalue weighted by Gasteiger charge is -2.41. The fourth-order valence-electron chi connectivity index (χ4n) is 3.92. The SMILES string of the molecule is CCc1cc(Cl)ccc1NC(=O)N1CCC(N2CCCC(O)C2)CC1. The molecule has 0 saturated carbocycles. The van der Waals surface area contributed by atoms with Crippen LogP contribution >= 0.6 is 11.6 Å². The van der Waals surface area contributed by atoms with Gasteiger partial charge in [-0.15, -0.1) is 0 Å². The van der Waals surface area contributed by atoms with Gasteiger partial charge in [-0.2, -0.15) is 0 Å². The third kappa shape index (κ3) is 4.66. The molecule has 1 aromatic carbocycles. The Morgan fingerprint density at radius 1 is 1.28 bits per heavy atom. The summed E-state index contributed by atoms with van der Waals surface area (Å²) in [5, 5.41) is 13.6. The quantitative estimate of drug-likeness (QED) is 0.863. The van der Waals surface area contributed by atoms with E-state index >= 15 is 0 Å². The number of hydrogen-bond acceptors (Lipinski definition) is 3. The Hall–Kier alpha value is -1.30. The van der Waals surface area contributed by atoms with Gasteiger partial charge in [-0.3, -0.25) is 4.90 Å². The fraction of sp³-hybridized carbons (Fsp3) is 0.632. The van der Waals surface area contributed by atoms with Gasteiger partial charge in [0, 0.05) is 36.4 Å². The Kier molecular flexibility index (Phi) is 6.20. The van der Waals surface area contributed by atoms with E-state index in [1.807, 2.05) is 23.1 Å². The van der Waals surface area contributed by atoms with Crippen LogP contribution in [0.4, 0.5) is 10.5 Å². The molecule has 0 aliphatic carbocycles. The minimum Gasteiger partial charge on any atom is -0.392 e. The highest BCUT2D eigenvalue weighted by molar-refractivity contribution is 6.30. The zero-order valence-corrected chi connectivity index (χ0v) is 15.6. The summed E-state index contributed by atoms with van der Waals surface area (Å²) in [5.41, 5.74) is 1.90. The van der Waals surface area contributed by atoms with Crippen LogP contribution in [0.3, 0.4) is 0 Å². The smallest absolute Gasteiger partial charge is 0.321 e. The number of piperidine rings is 2. The van der Waals surface area contributed by atoms with Gasteiger partial charge in [0.1, 0.15) is 0 Å². The van der Waals surface area contributed by atoms with E-state index in [1.165, 1.54) is 0 Å². The van der Waals surface area contributed by atoms with Crippen LogP contribution < -0.4 is 5.32 Å². The summed E-state index contributed by atoms with van der Waals surface area (Å²) in [5.74, 6) is 0. The number of benzene rings is 1. The molecule has 0 bridgehead atoms. The molecule has 2 N–H and O–H groups in total. The van der Waals surface area contributed by atoms with Crippen LogP contribution in [0.15, 0.2) is 18.2 Å². The number of rotatable bonds is 3. The van der Waals surface area contributed by atoms with Gasteiger partial charge >= 0.3 is 6.03 Å². The molecular weight excluding hydrogens is 338 g/mol. The van der Waals surface area contributed by atoms with E-state index in [-0.39, 0.29) is 12.1 Å². The van der Waals surface area contributed by atoms with Gasteiger partial charge in [-0.05, 0) is 62.4 Å². The van der Waals surface area contributed by atoms with Crippen LogP contribution in [0.1, 0.15) is 38.2 Å². The zero-order chi connectivity index (χ0) is 17.8. The lowest BCUT2D eigenvalue weighted by Crippen LogP contribution is -2.51. The molecule has 0 radical (unpaired) electrons. The summed E-state index contributed by atoms with van der Waals surface area (Å²) in [4.78, 5) is 16.9. The summed E-state index contributed by atoms with van der Waals surface area (Å²) >= 11 is 6.04. The minimum absolute atomic E-state index is 0.0332. The number of aliphatic hydroxyl groups excluding tert-OH is 1. The number of carbonyl (C=O) groups excluding carboxylic acids is 1. The second-order valence-corrected chi connectivity index (χ2v) is 7.53. The summed E-state index contributed by atoms with van der Waals surface area (Å²) in [6.45, 7) is 5.43. The first-order chi connectivity index (χ1) is 12.1. The molecule has 1 atom stereocenters. The predicted molar refractivity (Wildman–Crippen MR) is 101 cm³/mol. The van der Waals surface area contributed by atoms with Crippen molar-refractivity contribution in [2.75, 3.05) is 31.5 Å². The number of hydrogen-bond donors (Lipinski definition) is 2. The van der Waals surface area contributed by atoms with E-state index in [9.17, 15) is 9.90 Å². The highest BCUT2D eigenvalue weighted by Gasteiger charge is 2.29. The third-order valence-corrected chi connectivity index (χ3v) is 5.62. The van der Waals surface area contributed by atoms with Crippen LogP contribution in [0.2, 0.25) is 5.02 Å². The number of likely N-dealkylation sites (tertiary alicyclic amines) is 2. The lowest BCUT2D eigenvalue weighted by molar-refractivity contribution is 0.0298. The molecule has 2 amide bonds. The molecule has 2 heterocycles. The number of β-amino-alcohol motifs (C(OH)–C–C–N with tert-alkyl or cyclic N) is 1. The first kappa shape index (κ1) is 18.5. The van der Waals surface area contributed by atoms with Crippen molar-refractivity contribution in [3.05, 3.63) is 28.8 Å². The van der Waals surface area contributed by atoms with Crippen molar-refractivity contribution >= 4 is 23.3 Å². The van der Waals surface area contributed by atoms with E-state index < -0.39 is 0 Å². The molecule has 0 spiro atoms. The molecular formula is C19H28ClN3O2. The van der Waals surface area contributed by atoms with E-state index in [2.05, 4.69) is 17.1 Å². The molecule has 25 heavy (non-hydrogen) atoms. The summed E-state index contributed by atoms with van der Waals surface area (Å²) in [6.07, 6.45) is 4.57. The molecule has 3 rings (SSSR count). The third-order valence-electron chi connectivity index (χ3n) is 5.39. The zero-order valence-electron chi connectivity index (χ0n) is 14.9. The van der Waals surface area contributed by atoms with E-state index in [1.54, 1.807) is 0 Å². The van der Waals surface area contributed by atoms with Gasteiger partial charge in [0.25, 0.3) is 0 Å². The molecule has 2 aliphatic rings. The van der Waals surface area contributed by atoms with Gasteiger partial charge in [-0.25, -0.2) is 4.79 Å². The van der Waals surface area contributed by atoms with Gasteiger partial charge in [0.05, 0.1) is 6.10 Å². The largest absolute Gasteiger partial charge is 0.392 e. The van der Waals surface area contributed by atoms with E-state index in [4.69, 9.17) is 11.6 Å². The number of aryl methyl sites for hydroxylation is 1. The van der Waals surface area contributed by atoms with Crippen molar-refractivity contribution in [3.63, 3.8) is 0 Å². The molecule has 2 fully saturated rings. The first-order valence-corrected chi connectivity index (χ1v) is 9.71. The molecule has 0 aromatic heterocycles. The molecule has 5 nitrogen and oxygen atoms in total. The Morgan fingerprint density at radius 2 is 2.04 bits per heavy atom. The van der Waals surface area contributed by atoms with Crippen LogP contribution in [-0.2, 0) is 6.42 Å². The maximum atomic E-state index is 12.6. The van der Waals surface area contributed by atoms with Crippen molar-refractivity contribution < 1.29 is 9.90 Å². The monoisotopic (exact) mass is 365 g/mol. The number of nitrogens with one attached hydrogen (secondary N) is 1. The Morgan fingerprint density at radius 3 is 2.72 bits per heavy atom. The van der Waals surface area contributed by atoms with Crippen LogP contribution in [0.25, 0.3) is 0 Å². The van der Waals surface area contributed by atoms with E-state index in [0.717, 1.165) is 69.5 Å². The van der Waals surface area contributed by atoms with E-state index in [0.29, 0.717) is 11.1 Å². The predicted octanol–water partition coefficient (Wildman–Crippen LogP) is 3.36. The van der Waals surface area contributed by atoms with Gasteiger partial charge in [-0.1, -0.05) is 18.5 Å². The normalized spacial score (nSPS) is 22.8. The van der Waals surface area contributed by atoms with Crippen molar-refractivity contribution in [1.29, 1.82) is 0 Å². The van der Waals surface area contributed by atoms with Gasteiger partial charge in [0.15, 0.2) is 0 Å². The number of anilines is 1. The van der Waals surface area contributed by atoms with Crippen molar-refractivity contribution in [1.82, 2.24) is 9.80 Å². The molecule has 2 saturated heterocycles. The average Bonchev–Trinajstić information content (AvgIpc) is 2.63. The van der Waals surface area contributed by atoms with Crippen LogP contribution in [0.5, 0.6) is 0 Å². The number of aliphatic hydroxyl groups is 1. The minimum atomic E-state index is -0.188. The summed E-state index contributed by atoms with van der Waals surface area (Å²) in [7, 11) is 0. The molecule has 1 unspecified atom stereocenters. The Bertz CT molecular complexity index is 602. The summed E-state index contributed by atoms with van der Waals surface area (Å²) < 4.78 is 0. The number of halogens is 1. The number of nitrogens with zero attached hydrogens (tertiary/aromatic N) is 2. The maximum Gasteiger partial charge on any atom is 0.321 e. The highest BCUT2D eigenvalue weighted by atomic mass is 35.5. The second kappa shape index (κ2) is 8.39. The Balaban J connectivity index is 1.53. The first-order valence-electron chi connectivity index (χ1n) is 9.33. The second-order valence-electron chi connectivity index (χ2n) is 7.09. The molecule has 2 aliphatic heterocycles. The van der Waals surface area contributed by atoms with Gasteiger partial charge < -0.3 is 15.3 Å². The topological polar surface area (TPSA) is 55.8 Å². The summed E-state index contributed by atoms with van der Waals surface area (Å²) in [6, 6.07) is 6.05. The molecule has 6 heteroatoms. The number of carbonyl (C=O) groups is 1. The van der Waals surface area contributed by atoms with Crippen molar-refractivity contribution in [2.24, 2.45) is 0 Å². The Labute approximate surface area is 154 Å². The van der Waals surface area contributed by atoms with Crippen LogP contribution in [-0.4, -0.2) is 59.3 Å². The maximum absolute atomic E-state index is 12.6. The fourth-order valence-corrected chi connectivity index (χ4v) is 4.11. The highest BCUT2D eigenvalue weighted by Crippen LogP contribution is 2.24. The van der Waals surface area contributed by atoms with Crippen LogP contribution in [0, 0.1) is 0 Å². The average molecular weight is 366 g/mol. The molecule has 1 aromatic rings. The van der Waals surface area contributed by atoms with Crippen molar-refractivity contribution in [2.45, 2.75) is 51.2 Å². The lowest BCUT2D eigenvalue weighted by atomic mass is 9.99. The molecule has 138 valence electrons.